The third-order valence-electron chi connectivity index (χ3n) is 5.72. The summed E-state index contributed by atoms with van der Waals surface area (Å²) in [6, 6.07) is 7.08. The molecule has 2 aromatic rings. The Hall–Kier alpha value is -1.90. The highest BCUT2D eigenvalue weighted by Crippen LogP contribution is 2.39. The molecule has 0 saturated carbocycles. The highest BCUT2D eigenvalue weighted by Gasteiger charge is 2.28. The van der Waals surface area contributed by atoms with Gasteiger partial charge in [0, 0.05) is 21.3 Å². The van der Waals surface area contributed by atoms with Crippen LogP contribution in [-0.4, -0.2) is 44.4 Å². The minimum Gasteiger partial charge on any atom is -0.546 e. The number of hydrogen-bond acceptors (Lipinski definition) is 7. The zero-order valence-electron chi connectivity index (χ0n) is 16.2. The molecule has 0 bridgehead atoms. The zero-order chi connectivity index (χ0) is 19.3. The number of hydrogen-bond donors (Lipinski definition) is 2. The second kappa shape index (κ2) is 9.07. The number of piperidine rings is 1. The number of nitrogens with one attached hydrogen (secondary N) is 1. The Morgan fingerprint density at radius 2 is 2.07 bits per heavy atom. The third-order valence-corrected chi connectivity index (χ3v) is 6.42. The number of rotatable bonds is 7. The van der Waals surface area contributed by atoms with E-state index >= 15 is 0 Å². The predicted molar refractivity (Wildman–Crippen MR) is 111 cm³/mol. The minimum atomic E-state index is -1.57. The van der Waals surface area contributed by atoms with Crippen molar-refractivity contribution in [1.82, 2.24) is 13.6 Å². The van der Waals surface area contributed by atoms with Crippen molar-refractivity contribution in [2.75, 3.05) is 37.3 Å². The molecule has 28 heavy (non-hydrogen) atoms. The summed E-state index contributed by atoms with van der Waals surface area (Å²) in [5.74, 6) is 1.65. The Labute approximate surface area is 169 Å². The summed E-state index contributed by atoms with van der Waals surface area (Å²) < 4.78 is 24.9. The van der Waals surface area contributed by atoms with E-state index in [1.54, 1.807) is 0 Å². The van der Waals surface area contributed by atoms with Crippen molar-refractivity contribution in [1.29, 1.82) is 0 Å². The second-order valence-corrected chi connectivity index (χ2v) is 8.43. The molecular formula is C20H29N5O2S. The molecule has 7 nitrogen and oxygen atoms in total. The summed E-state index contributed by atoms with van der Waals surface area (Å²) >= 11 is -1.57. The Morgan fingerprint density at radius 1 is 1.21 bits per heavy atom. The summed E-state index contributed by atoms with van der Waals surface area (Å²) in [4.78, 5) is 2.67. The Bertz CT molecular complexity index is 791. The number of aromatic nitrogens is 2. The predicted octanol–water partition coefficient (Wildman–Crippen LogP) is 3.53. The molecule has 0 spiro atoms. The highest BCUT2D eigenvalue weighted by atomic mass is 32.2. The number of benzene rings is 1. The molecular weight excluding hydrogens is 374 g/mol. The molecule has 1 aromatic carbocycles. The normalized spacial score (nSPS) is 20.6. The summed E-state index contributed by atoms with van der Waals surface area (Å²) in [6.45, 7) is 3.72. The molecule has 0 radical (unpaired) electrons. The first-order chi connectivity index (χ1) is 13.7. The van der Waals surface area contributed by atoms with Crippen LogP contribution in [0.5, 0.6) is 5.75 Å². The molecule has 1 fully saturated rings. The topological polar surface area (TPSA) is 99.4 Å². The molecule has 1 saturated heterocycles. The lowest BCUT2D eigenvalue weighted by atomic mass is 9.85. The number of ether oxygens (including phenoxy) is 1. The molecule has 2 heterocycles. The largest absolute Gasteiger partial charge is 0.546 e. The van der Waals surface area contributed by atoms with Gasteiger partial charge in [-0.25, -0.2) is 0 Å². The quantitative estimate of drug-likeness (QED) is 0.539. The lowest BCUT2D eigenvalue weighted by Gasteiger charge is -2.38. The monoisotopic (exact) mass is 403 g/mol. The first-order valence-electron chi connectivity index (χ1n) is 10.3. The van der Waals surface area contributed by atoms with E-state index < -0.39 is 11.1 Å². The van der Waals surface area contributed by atoms with Crippen molar-refractivity contribution < 1.29 is 9.29 Å². The average molecular weight is 404 g/mol. The maximum atomic E-state index is 11.2. The van der Waals surface area contributed by atoms with Gasteiger partial charge in [0.2, 0.25) is 11.6 Å². The molecule has 2 aliphatic rings. The van der Waals surface area contributed by atoms with Crippen LogP contribution in [0.2, 0.25) is 0 Å². The second-order valence-electron chi connectivity index (χ2n) is 7.60. The smallest absolute Gasteiger partial charge is 0.232 e. The van der Waals surface area contributed by atoms with Crippen LogP contribution in [0.1, 0.15) is 55.7 Å². The number of fused-ring (bicyclic) bond motifs is 1. The van der Waals surface area contributed by atoms with E-state index in [-0.39, 0.29) is 5.82 Å². The number of anilines is 2. The van der Waals surface area contributed by atoms with Gasteiger partial charge in [0.05, 0.1) is 6.61 Å². The van der Waals surface area contributed by atoms with Gasteiger partial charge in [-0.3, -0.25) is 4.90 Å². The van der Waals surface area contributed by atoms with Gasteiger partial charge in [0.15, 0.2) is 11.1 Å². The van der Waals surface area contributed by atoms with Gasteiger partial charge in [0.25, 0.3) is 0 Å². The fourth-order valence-electron chi connectivity index (χ4n) is 4.39. The summed E-state index contributed by atoms with van der Waals surface area (Å²) in [6.07, 6.45) is 8.40. The highest BCUT2D eigenvalue weighted by molar-refractivity contribution is 7.14. The van der Waals surface area contributed by atoms with E-state index in [1.807, 2.05) is 0 Å². The van der Waals surface area contributed by atoms with Crippen LogP contribution in [0.4, 0.5) is 11.6 Å². The SMILES string of the molecule is Nc1n[s+]([O-])nc1NCCCOc1cccc2c1CCCC2N1CCCCC1. The molecule has 0 amide bonds. The first-order valence-corrected chi connectivity index (χ1v) is 11.4. The summed E-state index contributed by atoms with van der Waals surface area (Å²) in [5.41, 5.74) is 8.52. The van der Waals surface area contributed by atoms with Crippen LogP contribution in [0.15, 0.2) is 18.2 Å². The standard InChI is InChI=1S/C20H29N5O2S/c21-19-20(24-28(26)23-19)22-11-6-14-27-18-10-5-7-15-16(18)8-4-9-17(15)25-12-2-1-3-13-25/h5,7,10,17H,1-4,6,8-9,11-14H2,(H2,21,23)(H,22,24). The Morgan fingerprint density at radius 3 is 2.86 bits per heavy atom. The van der Waals surface area contributed by atoms with Crippen molar-refractivity contribution in [3.8, 4) is 5.75 Å². The lowest BCUT2D eigenvalue weighted by Crippen LogP contribution is -2.35. The molecule has 2 unspecified atom stereocenters. The van der Waals surface area contributed by atoms with E-state index in [0.717, 1.165) is 18.6 Å². The van der Waals surface area contributed by atoms with Crippen LogP contribution in [0.3, 0.4) is 0 Å². The third kappa shape index (κ3) is 4.39. The van der Waals surface area contributed by atoms with Crippen molar-refractivity contribution in [2.24, 2.45) is 0 Å². The molecule has 2 atom stereocenters. The number of nitrogen functional groups attached to an aromatic ring is 1. The molecule has 1 aliphatic heterocycles. The molecule has 152 valence electrons. The Balaban J connectivity index is 1.33. The van der Waals surface area contributed by atoms with Crippen molar-refractivity contribution in [2.45, 2.75) is 51.0 Å². The molecule has 3 N–H and O–H groups in total. The molecule has 4 rings (SSSR count). The number of nitrogens with two attached hydrogens (primary N) is 1. The molecule has 1 aliphatic carbocycles. The van der Waals surface area contributed by atoms with Crippen molar-refractivity contribution in [3.63, 3.8) is 0 Å². The fourth-order valence-corrected chi connectivity index (χ4v) is 5.00. The van der Waals surface area contributed by atoms with E-state index in [2.05, 4.69) is 37.2 Å². The van der Waals surface area contributed by atoms with Crippen LogP contribution >= 0.6 is 11.1 Å². The Kier molecular flexibility index (Phi) is 6.29. The maximum absolute atomic E-state index is 11.2. The van der Waals surface area contributed by atoms with Gasteiger partial charge < -0.3 is 20.3 Å². The van der Waals surface area contributed by atoms with Gasteiger partial charge in [-0.15, -0.1) is 0 Å². The summed E-state index contributed by atoms with van der Waals surface area (Å²) in [5, 5.41) is 3.07. The van der Waals surface area contributed by atoms with Crippen LogP contribution in [0, 0.1) is 0 Å². The average Bonchev–Trinajstić information content (AvgIpc) is 3.05. The minimum absolute atomic E-state index is 0.208. The lowest BCUT2D eigenvalue weighted by molar-refractivity contribution is 0.147. The number of likely N-dealkylation sites (tertiary alicyclic amines) is 1. The number of nitrogens with zero attached hydrogens (tertiary/aromatic N) is 3. The van der Waals surface area contributed by atoms with Gasteiger partial charge in [0.1, 0.15) is 5.75 Å². The van der Waals surface area contributed by atoms with Gasteiger partial charge in [-0.2, -0.15) is 0 Å². The maximum Gasteiger partial charge on any atom is 0.232 e. The van der Waals surface area contributed by atoms with Crippen LogP contribution in [-0.2, 0) is 6.42 Å². The molecule has 1 aromatic heterocycles. The van der Waals surface area contributed by atoms with Crippen molar-refractivity contribution >= 4 is 22.8 Å². The van der Waals surface area contributed by atoms with Crippen LogP contribution < -0.4 is 15.8 Å². The van der Waals surface area contributed by atoms with E-state index in [4.69, 9.17) is 10.5 Å². The van der Waals surface area contributed by atoms with E-state index in [0.29, 0.717) is 25.0 Å². The van der Waals surface area contributed by atoms with Crippen LogP contribution in [0.25, 0.3) is 0 Å². The fraction of sp³-hybridized carbons (Fsp3) is 0.600. The van der Waals surface area contributed by atoms with Gasteiger partial charge >= 0.3 is 0 Å². The van der Waals surface area contributed by atoms with E-state index in [9.17, 15) is 4.55 Å². The van der Waals surface area contributed by atoms with Gasteiger partial charge in [-0.05, 0) is 68.8 Å². The molecule has 8 heteroatoms. The van der Waals surface area contributed by atoms with E-state index in [1.165, 1.54) is 56.3 Å². The summed E-state index contributed by atoms with van der Waals surface area (Å²) in [7, 11) is 0. The zero-order valence-corrected chi connectivity index (χ0v) is 17.0. The van der Waals surface area contributed by atoms with Gasteiger partial charge in [-0.1, -0.05) is 18.6 Å². The first kappa shape index (κ1) is 19.4. The van der Waals surface area contributed by atoms with Crippen molar-refractivity contribution in [3.05, 3.63) is 29.3 Å².